The Hall–Kier alpha value is -2.34. The summed E-state index contributed by atoms with van der Waals surface area (Å²) in [5.74, 6) is -0.0576. The van der Waals surface area contributed by atoms with E-state index in [1.54, 1.807) is 24.3 Å². The van der Waals surface area contributed by atoms with Crippen LogP contribution in [0.2, 0.25) is 0 Å². The van der Waals surface area contributed by atoms with E-state index in [2.05, 4.69) is 10.6 Å². The number of carbonyl (C=O) groups excluding carboxylic acids is 2. The lowest BCUT2D eigenvalue weighted by Crippen LogP contribution is -2.44. The van der Waals surface area contributed by atoms with Gasteiger partial charge in [0.1, 0.15) is 5.58 Å². The van der Waals surface area contributed by atoms with Gasteiger partial charge < -0.3 is 20.8 Å². The fraction of sp³-hybridized carbons (Fsp3) is 0.375. The molecule has 1 aliphatic heterocycles. The first-order valence-corrected chi connectivity index (χ1v) is 7.48. The SMILES string of the molecule is NC(=O)c1cc2cc(C(=O)NC3CC4CC3CN4)ccc2o1. The predicted octanol–water partition coefficient (Wildman–Crippen LogP) is 1.01. The molecule has 0 radical (unpaired) electrons. The summed E-state index contributed by atoms with van der Waals surface area (Å²) in [6.07, 6.45) is 2.14. The third-order valence-electron chi connectivity index (χ3n) is 4.70. The van der Waals surface area contributed by atoms with E-state index in [0.29, 0.717) is 28.5 Å². The van der Waals surface area contributed by atoms with Crippen LogP contribution in [0.25, 0.3) is 11.0 Å². The molecular formula is C16H17N3O3. The van der Waals surface area contributed by atoms with Gasteiger partial charge in [-0.3, -0.25) is 9.59 Å². The van der Waals surface area contributed by atoms with Gasteiger partial charge in [-0.05, 0) is 43.0 Å². The van der Waals surface area contributed by atoms with Gasteiger partial charge in [0.15, 0.2) is 5.76 Å². The van der Waals surface area contributed by atoms with Crippen LogP contribution >= 0.6 is 0 Å². The van der Waals surface area contributed by atoms with Crippen molar-refractivity contribution < 1.29 is 14.0 Å². The van der Waals surface area contributed by atoms with Crippen molar-refractivity contribution in [2.75, 3.05) is 6.54 Å². The zero-order chi connectivity index (χ0) is 15.3. The fourth-order valence-electron chi connectivity index (χ4n) is 3.57. The Morgan fingerprint density at radius 3 is 2.82 bits per heavy atom. The minimum Gasteiger partial charge on any atom is -0.451 e. The van der Waals surface area contributed by atoms with E-state index in [-0.39, 0.29) is 17.7 Å². The van der Waals surface area contributed by atoms with Gasteiger partial charge in [0.05, 0.1) is 0 Å². The highest BCUT2D eigenvalue weighted by Crippen LogP contribution is 2.31. The van der Waals surface area contributed by atoms with E-state index in [4.69, 9.17) is 10.2 Å². The van der Waals surface area contributed by atoms with Crippen molar-refractivity contribution in [3.63, 3.8) is 0 Å². The Kier molecular flexibility index (Phi) is 2.94. The van der Waals surface area contributed by atoms with Crippen LogP contribution in [0.4, 0.5) is 0 Å². The Bertz CT molecular complexity index is 767. The van der Waals surface area contributed by atoms with Gasteiger partial charge in [0.25, 0.3) is 11.8 Å². The number of nitrogens with two attached hydrogens (primary N) is 1. The lowest BCUT2D eigenvalue weighted by molar-refractivity contribution is 0.0924. The zero-order valence-corrected chi connectivity index (χ0v) is 12.0. The molecule has 1 aromatic heterocycles. The molecule has 0 spiro atoms. The molecule has 3 atom stereocenters. The number of fused-ring (bicyclic) bond motifs is 3. The minimum absolute atomic E-state index is 0.0822. The van der Waals surface area contributed by atoms with Crippen LogP contribution in [-0.4, -0.2) is 30.4 Å². The smallest absolute Gasteiger partial charge is 0.284 e. The number of amides is 2. The fourth-order valence-corrected chi connectivity index (χ4v) is 3.57. The lowest BCUT2D eigenvalue weighted by atomic mass is 10.0. The maximum Gasteiger partial charge on any atom is 0.284 e. The molecule has 6 heteroatoms. The van der Waals surface area contributed by atoms with Crippen LogP contribution in [0.15, 0.2) is 28.7 Å². The third kappa shape index (κ3) is 2.16. The Labute approximate surface area is 127 Å². The molecule has 2 fully saturated rings. The molecule has 6 nitrogen and oxygen atoms in total. The van der Waals surface area contributed by atoms with Gasteiger partial charge in [-0.15, -0.1) is 0 Å². The van der Waals surface area contributed by atoms with E-state index >= 15 is 0 Å². The summed E-state index contributed by atoms with van der Waals surface area (Å²) >= 11 is 0. The van der Waals surface area contributed by atoms with E-state index in [9.17, 15) is 9.59 Å². The number of hydrogen-bond donors (Lipinski definition) is 3. The van der Waals surface area contributed by atoms with Gasteiger partial charge in [-0.1, -0.05) is 0 Å². The average Bonchev–Trinajstić information content (AvgIpc) is 3.20. The molecule has 114 valence electrons. The van der Waals surface area contributed by atoms with Gasteiger partial charge in [0.2, 0.25) is 0 Å². The van der Waals surface area contributed by atoms with Gasteiger partial charge in [0, 0.05) is 29.6 Å². The predicted molar refractivity (Wildman–Crippen MR) is 80.5 cm³/mol. The average molecular weight is 299 g/mol. The number of carbonyl (C=O) groups is 2. The van der Waals surface area contributed by atoms with Gasteiger partial charge in [-0.2, -0.15) is 0 Å². The molecule has 4 N–H and O–H groups in total. The van der Waals surface area contributed by atoms with Crippen LogP contribution in [0.5, 0.6) is 0 Å². The molecule has 2 amide bonds. The van der Waals surface area contributed by atoms with Crippen molar-refractivity contribution in [3.05, 3.63) is 35.6 Å². The third-order valence-corrected chi connectivity index (χ3v) is 4.70. The number of primary amides is 1. The molecular weight excluding hydrogens is 282 g/mol. The minimum atomic E-state index is -0.614. The number of piperidine rings is 1. The van der Waals surface area contributed by atoms with Crippen LogP contribution in [0.1, 0.15) is 33.8 Å². The normalized spacial score (nSPS) is 26.5. The van der Waals surface area contributed by atoms with Crippen LogP contribution in [-0.2, 0) is 0 Å². The second-order valence-electron chi connectivity index (χ2n) is 6.14. The molecule has 4 rings (SSSR count). The molecule has 1 saturated carbocycles. The maximum absolute atomic E-state index is 12.4. The molecule has 1 saturated heterocycles. The summed E-state index contributed by atoms with van der Waals surface area (Å²) in [5, 5.41) is 7.25. The van der Waals surface area contributed by atoms with E-state index in [1.807, 2.05) is 0 Å². The van der Waals surface area contributed by atoms with E-state index in [1.165, 1.54) is 0 Å². The number of benzene rings is 1. The molecule has 22 heavy (non-hydrogen) atoms. The van der Waals surface area contributed by atoms with Gasteiger partial charge in [-0.25, -0.2) is 0 Å². The first-order valence-electron chi connectivity index (χ1n) is 7.48. The summed E-state index contributed by atoms with van der Waals surface area (Å²) in [6, 6.07) is 7.49. The lowest BCUT2D eigenvalue weighted by Gasteiger charge is -2.23. The summed E-state index contributed by atoms with van der Waals surface area (Å²) in [7, 11) is 0. The Balaban J connectivity index is 1.55. The monoisotopic (exact) mass is 299 g/mol. The van der Waals surface area contributed by atoms with E-state index in [0.717, 1.165) is 19.4 Å². The number of hydrogen-bond acceptors (Lipinski definition) is 4. The highest BCUT2D eigenvalue weighted by Gasteiger charge is 2.40. The summed E-state index contributed by atoms with van der Waals surface area (Å²) in [6.45, 7) is 0.984. The van der Waals surface area contributed by atoms with Crippen molar-refractivity contribution >= 4 is 22.8 Å². The van der Waals surface area contributed by atoms with Crippen LogP contribution < -0.4 is 16.4 Å². The van der Waals surface area contributed by atoms with Gasteiger partial charge >= 0.3 is 0 Å². The summed E-state index contributed by atoms with van der Waals surface area (Å²) in [5.41, 5.74) is 6.32. The zero-order valence-electron chi connectivity index (χ0n) is 12.0. The number of nitrogens with one attached hydrogen (secondary N) is 2. The molecule has 2 aromatic rings. The molecule has 2 aliphatic rings. The topological polar surface area (TPSA) is 97.4 Å². The second kappa shape index (κ2) is 4.84. The maximum atomic E-state index is 12.4. The van der Waals surface area contributed by atoms with Crippen molar-refractivity contribution in [1.29, 1.82) is 0 Å². The molecule has 2 heterocycles. The second-order valence-corrected chi connectivity index (χ2v) is 6.14. The first kappa shape index (κ1) is 13.3. The summed E-state index contributed by atoms with van der Waals surface area (Å²) < 4.78 is 5.32. The number of furan rings is 1. The molecule has 3 unspecified atom stereocenters. The van der Waals surface area contributed by atoms with Crippen molar-refractivity contribution in [1.82, 2.24) is 10.6 Å². The van der Waals surface area contributed by atoms with Crippen molar-refractivity contribution in [2.45, 2.75) is 24.9 Å². The van der Waals surface area contributed by atoms with E-state index < -0.39 is 5.91 Å². The molecule has 2 bridgehead atoms. The van der Waals surface area contributed by atoms with Crippen LogP contribution in [0, 0.1) is 5.92 Å². The highest BCUT2D eigenvalue weighted by molar-refractivity contribution is 6.00. The standard InChI is InChI=1S/C16H17N3O3/c17-15(20)14-5-9-3-8(1-2-13(9)22-14)16(21)19-12-6-11-4-10(12)7-18-11/h1-3,5,10-12,18H,4,6-7H2,(H2,17,20)(H,19,21). The Morgan fingerprint density at radius 1 is 1.27 bits per heavy atom. The largest absolute Gasteiger partial charge is 0.451 e. The van der Waals surface area contributed by atoms with Crippen LogP contribution in [0.3, 0.4) is 0 Å². The van der Waals surface area contributed by atoms with Crippen molar-refractivity contribution in [3.8, 4) is 0 Å². The first-order chi connectivity index (χ1) is 10.6. The number of rotatable bonds is 3. The quantitative estimate of drug-likeness (QED) is 0.788. The van der Waals surface area contributed by atoms with Crippen molar-refractivity contribution in [2.24, 2.45) is 11.7 Å². The molecule has 1 aliphatic carbocycles. The molecule has 1 aromatic carbocycles. The summed E-state index contributed by atoms with van der Waals surface area (Å²) in [4.78, 5) is 23.5. The Morgan fingerprint density at radius 2 is 2.14 bits per heavy atom. The highest BCUT2D eigenvalue weighted by atomic mass is 16.3.